The van der Waals surface area contributed by atoms with Crippen molar-refractivity contribution in [2.75, 3.05) is 25.7 Å². The first-order chi connectivity index (χ1) is 28.4. The van der Waals surface area contributed by atoms with E-state index in [-0.39, 0.29) is 11.8 Å². The van der Waals surface area contributed by atoms with Gasteiger partial charge in [-0.1, -0.05) is 95.0 Å². The lowest BCUT2D eigenvalue weighted by Gasteiger charge is -2.31. The molecule has 0 bridgehead atoms. The van der Waals surface area contributed by atoms with Crippen LogP contribution in [0.25, 0.3) is 54.2 Å². The van der Waals surface area contributed by atoms with Crippen LogP contribution in [0.15, 0.2) is 91.0 Å². The molecular formula is C50H46N2O6. The third-order valence-electron chi connectivity index (χ3n) is 12.3. The Morgan fingerprint density at radius 1 is 0.448 bits per heavy atom. The van der Waals surface area contributed by atoms with Crippen LogP contribution in [0.1, 0.15) is 113 Å². The minimum Gasteiger partial charge on any atom is -0.497 e. The Labute approximate surface area is 337 Å². The van der Waals surface area contributed by atoms with Gasteiger partial charge in [0.25, 0.3) is 23.6 Å². The molecule has 9 rings (SSSR count). The number of carbonyl (C=O) groups excluding carboxylic acids is 4. The molecule has 0 unspecified atom stereocenters. The SMILES string of the molecule is CCCCCCCCCCCCN1C(=O)c2ccc3c4ccc5c6c(c(-c7ccc(OC)cc7)cc(c7ccc(c2c37)C1=O)c64)C(=O)N(c1ccc(OC)cc1)C5=O. The fraction of sp³-hybridized carbons (Fsp3) is 0.280. The fourth-order valence-corrected chi connectivity index (χ4v) is 9.34. The summed E-state index contributed by atoms with van der Waals surface area (Å²) < 4.78 is 10.8. The summed E-state index contributed by atoms with van der Waals surface area (Å²) >= 11 is 0. The van der Waals surface area contributed by atoms with E-state index < -0.39 is 11.8 Å². The lowest BCUT2D eigenvalue weighted by atomic mass is 9.80. The highest BCUT2D eigenvalue weighted by Gasteiger charge is 2.39. The van der Waals surface area contributed by atoms with Crippen molar-refractivity contribution in [3.05, 3.63) is 113 Å². The van der Waals surface area contributed by atoms with E-state index in [0.29, 0.717) is 62.3 Å². The smallest absolute Gasteiger partial charge is 0.266 e. The van der Waals surface area contributed by atoms with Gasteiger partial charge in [0, 0.05) is 34.0 Å². The Morgan fingerprint density at radius 2 is 0.931 bits per heavy atom. The first kappa shape index (κ1) is 37.3. The highest BCUT2D eigenvalue weighted by Crippen LogP contribution is 2.49. The molecule has 0 fully saturated rings. The van der Waals surface area contributed by atoms with Crippen molar-refractivity contribution in [3.8, 4) is 22.6 Å². The number of anilines is 1. The molecule has 8 nitrogen and oxygen atoms in total. The van der Waals surface area contributed by atoms with Gasteiger partial charge in [-0.05, 0) is 111 Å². The maximum absolute atomic E-state index is 14.8. The Kier molecular flexibility index (Phi) is 9.80. The van der Waals surface area contributed by atoms with Crippen LogP contribution in [-0.2, 0) is 0 Å². The molecule has 7 aromatic rings. The molecule has 7 aromatic carbocycles. The molecule has 8 heteroatoms. The van der Waals surface area contributed by atoms with E-state index in [0.717, 1.165) is 57.1 Å². The van der Waals surface area contributed by atoms with Crippen LogP contribution in [-0.4, -0.2) is 49.3 Å². The maximum atomic E-state index is 14.8. The molecule has 2 aliphatic rings. The highest BCUT2D eigenvalue weighted by atomic mass is 16.5. The van der Waals surface area contributed by atoms with Gasteiger partial charge in [-0.15, -0.1) is 0 Å². The summed E-state index contributed by atoms with van der Waals surface area (Å²) in [7, 11) is 3.18. The number of amides is 4. The van der Waals surface area contributed by atoms with Crippen molar-refractivity contribution in [2.45, 2.75) is 71.1 Å². The number of fused-ring (bicyclic) bond motifs is 2. The van der Waals surface area contributed by atoms with Crippen LogP contribution in [0.4, 0.5) is 5.69 Å². The summed E-state index contributed by atoms with van der Waals surface area (Å²) in [5.41, 5.74) is 3.78. The van der Waals surface area contributed by atoms with Crippen molar-refractivity contribution in [2.24, 2.45) is 0 Å². The molecule has 0 radical (unpaired) electrons. The van der Waals surface area contributed by atoms with Crippen molar-refractivity contribution < 1.29 is 28.7 Å². The van der Waals surface area contributed by atoms with Crippen molar-refractivity contribution in [1.82, 2.24) is 4.90 Å². The minimum absolute atomic E-state index is 0.262. The number of carbonyl (C=O) groups is 4. The molecule has 0 aliphatic carbocycles. The Bertz CT molecular complexity index is 2750. The van der Waals surface area contributed by atoms with Gasteiger partial charge in [-0.25, -0.2) is 4.90 Å². The zero-order chi connectivity index (χ0) is 40.1. The van der Waals surface area contributed by atoms with Crippen LogP contribution in [0.5, 0.6) is 11.5 Å². The molecule has 2 aliphatic heterocycles. The van der Waals surface area contributed by atoms with E-state index in [9.17, 15) is 19.2 Å². The van der Waals surface area contributed by atoms with E-state index in [2.05, 4.69) is 6.92 Å². The van der Waals surface area contributed by atoms with Crippen LogP contribution in [0, 0.1) is 0 Å². The molecular weight excluding hydrogens is 725 g/mol. The first-order valence-electron chi connectivity index (χ1n) is 20.6. The van der Waals surface area contributed by atoms with Gasteiger partial charge in [0.1, 0.15) is 11.5 Å². The quantitative estimate of drug-likeness (QED) is 0.0446. The molecule has 0 aromatic heterocycles. The van der Waals surface area contributed by atoms with Crippen LogP contribution >= 0.6 is 0 Å². The number of benzene rings is 7. The average molecular weight is 771 g/mol. The number of ether oxygens (including phenoxy) is 2. The number of hydrogen-bond acceptors (Lipinski definition) is 6. The monoisotopic (exact) mass is 770 g/mol. The number of imide groups is 2. The zero-order valence-corrected chi connectivity index (χ0v) is 33.3. The Morgan fingerprint density at radius 3 is 1.48 bits per heavy atom. The van der Waals surface area contributed by atoms with Crippen molar-refractivity contribution in [3.63, 3.8) is 0 Å². The lowest BCUT2D eigenvalue weighted by Crippen LogP contribution is -2.41. The van der Waals surface area contributed by atoms with E-state index in [1.54, 1.807) is 44.6 Å². The van der Waals surface area contributed by atoms with E-state index in [1.165, 1.54) is 54.7 Å². The van der Waals surface area contributed by atoms with E-state index in [1.807, 2.05) is 60.7 Å². The number of unbranched alkanes of at least 4 members (excludes halogenated alkanes) is 9. The molecule has 4 amide bonds. The van der Waals surface area contributed by atoms with E-state index in [4.69, 9.17) is 9.47 Å². The van der Waals surface area contributed by atoms with Gasteiger partial charge in [0.05, 0.1) is 25.5 Å². The predicted octanol–water partition coefficient (Wildman–Crippen LogP) is 11.7. The molecule has 0 saturated carbocycles. The number of rotatable bonds is 15. The second-order valence-electron chi connectivity index (χ2n) is 15.6. The van der Waals surface area contributed by atoms with Crippen molar-refractivity contribution in [1.29, 1.82) is 0 Å². The Balaban J connectivity index is 1.15. The standard InChI is InChI=1S/C50H46N2O6/c1-4-5-6-7-8-9-10-11-12-13-28-51-47(53)37-25-22-34-35-23-27-39-45-43(35)41(36-24-26-38(48(51)54)44(37)42(34)36)29-40(30-14-18-32(57-2)19-15-30)46(45)50(56)52(49(39)55)31-16-20-33(58-3)21-17-31/h14-27,29H,4-13,28H2,1-3H3. The third-order valence-corrected chi connectivity index (χ3v) is 12.3. The average Bonchev–Trinajstić information content (AvgIpc) is 3.25. The van der Waals surface area contributed by atoms with Gasteiger partial charge >= 0.3 is 0 Å². The van der Waals surface area contributed by atoms with Gasteiger partial charge in [-0.3, -0.25) is 24.1 Å². The first-order valence-corrected chi connectivity index (χ1v) is 20.6. The topological polar surface area (TPSA) is 93.2 Å². The maximum Gasteiger partial charge on any atom is 0.266 e. The molecule has 292 valence electrons. The van der Waals surface area contributed by atoms with Crippen LogP contribution < -0.4 is 14.4 Å². The van der Waals surface area contributed by atoms with Gasteiger partial charge in [0.15, 0.2) is 0 Å². The minimum atomic E-state index is -0.424. The molecule has 0 N–H and O–H groups in total. The zero-order valence-electron chi connectivity index (χ0n) is 33.3. The third kappa shape index (κ3) is 5.96. The van der Waals surface area contributed by atoms with E-state index >= 15 is 0 Å². The second-order valence-corrected chi connectivity index (χ2v) is 15.6. The molecule has 0 saturated heterocycles. The number of hydrogen-bond donors (Lipinski definition) is 0. The number of methoxy groups -OCH3 is 2. The number of nitrogens with zero attached hydrogens (tertiary/aromatic N) is 2. The lowest BCUT2D eigenvalue weighted by molar-refractivity contribution is 0.0607. The summed E-state index contributed by atoms with van der Waals surface area (Å²) in [6.45, 7) is 2.63. The summed E-state index contributed by atoms with van der Waals surface area (Å²) in [6, 6.07) is 27.8. The van der Waals surface area contributed by atoms with Crippen LogP contribution in [0.2, 0.25) is 0 Å². The van der Waals surface area contributed by atoms with Gasteiger partial charge < -0.3 is 9.47 Å². The highest BCUT2D eigenvalue weighted by molar-refractivity contribution is 6.45. The summed E-state index contributed by atoms with van der Waals surface area (Å²) in [6.07, 6.45) is 11.7. The van der Waals surface area contributed by atoms with Crippen molar-refractivity contribution >= 4 is 72.4 Å². The predicted molar refractivity (Wildman–Crippen MR) is 231 cm³/mol. The second kappa shape index (κ2) is 15.2. The molecule has 0 atom stereocenters. The molecule has 2 heterocycles. The normalized spacial score (nSPS) is 13.9. The summed E-state index contributed by atoms with van der Waals surface area (Å²) in [5, 5.41) is 6.28. The summed E-state index contributed by atoms with van der Waals surface area (Å²) in [5.74, 6) is -0.0753. The fourth-order valence-electron chi connectivity index (χ4n) is 9.34. The molecule has 58 heavy (non-hydrogen) atoms. The molecule has 0 spiro atoms. The van der Waals surface area contributed by atoms with Gasteiger partial charge in [-0.2, -0.15) is 0 Å². The van der Waals surface area contributed by atoms with Gasteiger partial charge in [0.2, 0.25) is 0 Å². The largest absolute Gasteiger partial charge is 0.497 e. The Hall–Kier alpha value is -6.28. The summed E-state index contributed by atoms with van der Waals surface area (Å²) in [4.78, 5) is 60.3. The van der Waals surface area contributed by atoms with Crippen LogP contribution in [0.3, 0.4) is 0 Å².